The minimum atomic E-state index is -0.405. The molecule has 2 aromatic carbocycles. The smallest absolute Gasteiger partial charge is 0.256 e. The van der Waals surface area contributed by atoms with Crippen molar-refractivity contribution in [3.63, 3.8) is 0 Å². The number of anilines is 1. The second kappa shape index (κ2) is 8.17. The average molecular weight is 418 g/mol. The summed E-state index contributed by atoms with van der Waals surface area (Å²) in [5.41, 5.74) is 2.78. The third kappa shape index (κ3) is 3.60. The number of hydrogen-bond acceptors (Lipinski definition) is 3. The molecule has 2 aromatic rings. The molecule has 31 heavy (non-hydrogen) atoms. The third-order valence-electron chi connectivity index (χ3n) is 6.65. The Morgan fingerprint density at radius 2 is 1.71 bits per heavy atom. The van der Waals surface area contributed by atoms with Gasteiger partial charge >= 0.3 is 0 Å². The molecule has 3 heterocycles. The van der Waals surface area contributed by atoms with E-state index in [1.165, 1.54) is 6.42 Å². The molecule has 3 aliphatic rings. The van der Waals surface area contributed by atoms with Gasteiger partial charge in [0, 0.05) is 25.2 Å². The van der Waals surface area contributed by atoms with Crippen LogP contribution >= 0.6 is 0 Å². The first-order chi connectivity index (χ1) is 15.1. The number of carbonyl (C=O) groups is 3. The number of carbonyl (C=O) groups excluding carboxylic acids is 3. The Morgan fingerprint density at radius 3 is 2.55 bits per heavy atom. The highest BCUT2D eigenvalue weighted by atomic mass is 16.2. The third-order valence-corrected chi connectivity index (χ3v) is 6.65. The molecule has 3 amide bonds. The number of piperidine rings is 1. The SMILES string of the molecule is O=C(c1cccc(CN2C(=O)C3CCCN3C(=O)c3ccccc32)c1)N1CCCCC1. The Kier molecular flexibility index (Phi) is 5.22. The topological polar surface area (TPSA) is 60.9 Å². The van der Waals surface area contributed by atoms with E-state index < -0.39 is 6.04 Å². The number of para-hydroxylation sites is 1. The minimum absolute atomic E-state index is 0.0384. The van der Waals surface area contributed by atoms with E-state index in [1.807, 2.05) is 47.4 Å². The van der Waals surface area contributed by atoms with Gasteiger partial charge in [-0.2, -0.15) is 0 Å². The quantitative estimate of drug-likeness (QED) is 0.768. The second-order valence-electron chi connectivity index (χ2n) is 8.65. The number of amides is 3. The number of benzene rings is 2. The largest absolute Gasteiger partial charge is 0.339 e. The molecule has 6 nitrogen and oxygen atoms in total. The van der Waals surface area contributed by atoms with E-state index in [0.29, 0.717) is 36.3 Å². The van der Waals surface area contributed by atoms with E-state index in [2.05, 4.69) is 0 Å². The monoisotopic (exact) mass is 417 g/mol. The van der Waals surface area contributed by atoms with Crippen LogP contribution in [0.3, 0.4) is 0 Å². The lowest BCUT2D eigenvalue weighted by Gasteiger charge is -2.28. The number of nitrogens with zero attached hydrogens (tertiary/aromatic N) is 3. The normalized spacial score (nSPS) is 21.0. The highest BCUT2D eigenvalue weighted by Gasteiger charge is 2.41. The Hall–Kier alpha value is -3.15. The molecule has 2 fully saturated rings. The van der Waals surface area contributed by atoms with Crippen molar-refractivity contribution in [2.45, 2.75) is 44.7 Å². The molecule has 3 aliphatic heterocycles. The summed E-state index contributed by atoms with van der Waals surface area (Å²) in [5, 5.41) is 0. The van der Waals surface area contributed by atoms with Crippen LogP contribution in [0.4, 0.5) is 5.69 Å². The summed E-state index contributed by atoms with van der Waals surface area (Å²) in [5.74, 6) is -0.0483. The van der Waals surface area contributed by atoms with Crippen molar-refractivity contribution in [1.82, 2.24) is 9.80 Å². The lowest BCUT2D eigenvalue weighted by molar-refractivity contribution is -0.122. The Morgan fingerprint density at radius 1 is 0.903 bits per heavy atom. The van der Waals surface area contributed by atoms with Gasteiger partial charge in [0.2, 0.25) is 5.91 Å². The van der Waals surface area contributed by atoms with Crippen LogP contribution in [-0.2, 0) is 11.3 Å². The van der Waals surface area contributed by atoms with E-state index in [9.17, 15) is 14.4 Å². The summed E-state index contributed by atoms with van der Waals surface area (Å²) in [7, 11) is 0. The number of hydrogen-bond donors (Lipinski definition) is 0. The molecule has 0 saturated carbocycles. The summed E-state index contributed by atoms with van der Waals surface area (Å²) in [6.45, 7) is 2.58. The Bertz CT molecular complexity index is 1030. The zero-order chi connectivity index (χ0) is 21.4. The first-order valence-electron chi connectivity index (χ1n) is 11.2. The maximum atomic E-state index is 13.5. The first kappa shape index (κ1) is 19.8. The molecule has 2 saturated heterocycles. The highest BCUT2D eigenvalue weighted by Crippen LogP contribution is 2.33. The summed E-state index contributed by atoms with van der Waals surface area (Å²) in [6.07, 6.45) is 4.82. The molecule has 0 aromatic heterocycles. The molecule has 0 radical (unpaired) electrons. The first-order valence-corrected chi connectivity index (χ1v) is 11.2. The van der Waals surface area contributed by atoms with Crippen molar-refractivity contribution in [1.29, 1.82) is 0 Å². The van der Waals surface area contributed by atoms with Gasteiger partial charge in [-0.1, -0.05) is 24.3 Å². The van der Waals surface area contributed by atoms with Crippen LogP contribution in [0.15, 0.2) is 48.5 Å². The van der Waals surface area contributed by atoms with Crippen molar-refractivity contribution < 1.29 is 14.4 Å². The fourth-order valence-electron chi connectivity index (χ4n) is 5.04. The minimum Gasteiger partial charge on any atom is -0.339 e. The predicted octanol–water partition coefficient (Wildman–Crippen LogP) is 3.46. The van der Waals surface area contributed by atoms with Crippen molar-refractivity contribution in [2.24, 2.45) is 0 Å². The Balaban J connectivity index is 1.46. The summed E-state index contributed by atoms with van der Waals surface area (Å²) < 4.78 is 0. The van der Waals surface area contributed by atoms with Crippen LogP contribution < -0.4 is 4.90 Å². The predicted molar refractivity (Wildman–Crippen MR) is 118 cm³/mol. The van der Waals surface area contributed by atoms with Crippen LogP contribution in [0, 0.1) is 0 Å². The van der Waals surface area contributed by atoms with E-state index in [0.717, 1.165) is 37.9 Å². The lowest BCUT2D eigenvalue weighted by Crippen LogP contribution is -2.44. The molecule has 0 bridgehead atoms. The molecule has 0 N–H and O–H groups in total. The fourth-order valence-corrected chi connectivity index (χ4v) is 5.04. The number of likely N-dealkylation sites (tertiary alicyclic amines) is 1. The van der Waals surface area contributed by atoms with Crippen LogP contribution in [0.25, 0.3) is 0 Å². The van der Waals surface area contributed by atoms with Gasteiger partial charge in [0.05, 0.1) is 17.8 Å². The summed E-state index contributed by atoms with van der Waals surface area (Å²) in [4.78, 5) is 44.9. The van der Waals surface area contributed by atoms with E-state index in [4.69, 9.17) is 0 Å². The lowest BCUT2D eigenvalue weighted by atomic mass is 10.1. The molecule has 1 unspecified atom stereocenters. The van der Waals surface area contributed by atoms with Crippen LogP contribution in [0.5, 0.6) is 0 Å². The molecule has 0 aliphatic carbocycles. The van der Waals surface area contributed by atoms with E-state index in [-0.39, 0.29) is 17.7 Å². The number of fused-ring (bicyclic) bond motifs is 2. The van der Waals surface area contributed by atoms with Gasteiger partial charge in [-0.05, 0) is 61.9 Å². The van der Waals surface area contributed by atoms with Gasteiger partial charge in [0.25, 0.3) is 11.8 Å². The van der Waals surface area contributed by atoms with Crippen LogP contribution in [0.1, 0.15) is 58.4 Å². The van der Waals surface area contributed by atoms with Crippen LogP contribution in [0.2, 0.25) is 0 Å². The molecule has 0 spiro atoms. The van der Waals surface area contributed by atoms with Gasteiger partial charge < -0.3 is 14.7 Å². The zero-order valence-electron chi connectivity index (χ0n) is 17.6. The van der Waals surface area contributed by atoms with Gasteiger partial charge in [-0.25, -0.2) is 0 Å². The van der Waals surface area contributed by atoms with Crippen LogP contribution in [-0.4, -0.2) is 53.2 Å². The fraction of sp³-hybridized carbons (Fsp3) is 0.400. The summed E-state index contributed by atoms with van der Waals surface area (Å²) >= 11 is 0. The second-order valence-corrected chi connectivity index (χ2v) is 8.65. The molecule has 160 valence electrons. The molecule has 1 atom stereocenters. The number of rotatable bonds is 3. The zero-order valence-corrected chi connectivity index (χ0v) is 17.6. The van der Waals surface area contributed by atoms with E-state index in [1.54, 1.807) is 15.9 Å². The van der Waals surface area contributed by atoms with Crippen molar-refractivity contribution in [2.75, 3.05) is 24.5 Å². The molecular weight excluding hydrogens is 390 g/mol. The van der Waals surface area contributed by atoms with Gasteiger partial charge in [0.15, 0.2) is 0 Å². The Labute approximate surface area is 182 Å². The maximum Gasteiger partial charge on any atom is 0.256 e. The molecule has 5 rings (SSSR count). The highest BCUT2D eigenvalue weighted by molar-refractivity contribution is 6.11. The van der Waals surface area contributed by atoms with Crippen molar-refractivity contribution in [3.05, 3.63) is 65.2 Å². The van der Waals surface area contributed by atoms with Gasteiger partial charge in [0.1, 0.15) is 6.04 Å². The van der Waals surface area contributed by atoms with E-state index >= 15 is 0 Å². The maximum absolute atomic E-state index is 13.5. The molecule has 6 heteroatoms. The summed E-state index contributed by atoms with van der Waals surface area (Å²) in [6, 6.07) is 14.5. The molecular formula is C25H27N3O3. The average Bonchev–Trinajstić information content (AvgIpc) is 3.29. The van der Waals surface area contributed by atoms with Crippen molar-refractivity contribution >= 4 is 23.4 Å². The standard InChI is InChI=1S/C25H27N3O3/c29-23(26-13-4-1-5-14-26)19-9-6-8-18(16-19)17-28-21-11-3-2-10-20(21)24(30)27-15-7-12-22(27)25(28)31/h2-3,6,8-11,16,22H,1,4-5,7,12-15,17H2. The van der Waals surface area contributed by atoms with Gasteiger partial charge in [-0.3, -0.25) is 14.4 Å². The van der Waals surface area contributed by atoms with Gasteiger partial charge in [-0.15, -0.1) is 0 Å². The van der Waals surface area contributed by atoms with Crippen molar-refractivity contribution in [3.8, 4) is 0 Å².